The van der Waals surface area contributed by atoms with E-state index in [4.69, 9.17) is 9.47 Å². The molecule has 0 bridgehead atoms. The molecular weight excluding hydrogens is 250 g/mol. The zero-order valence-electron chi connectivity index (χ0n) is 13.3. The van der Waals surface area contributed by atoms with E-state index in [1.165, 1.54) is 12.0 Å². The summed E-state index contributed by atoms with van der Waals surface area (Å²) in [6.45, 7) is 8.97. The maximum atomic E-state index is 5.53. The van der Waals surface area contributed by atoms with Gasteiger partial charge in [0.25, 0.3) is 0 Å². The molecule has 0 saturated heterocycles. The van der Waals surface area contributed by atoms with E-state index >= 15 is 0 Å². The van der Waals surface area contributed by atoms with Gasteiger partial charge in [-0.2, -0.15) is 0 Å². The van der Waals surface area contributed by atoms with Crippen LogP contribution in [0.15, 0.2) is 18.2 Å². The molecule has 1 saturated carbocycles. The van der Waals surface area contributed by atoms with Gasteiger partial charge in [0, 0.05) is 11.0 Å². The molecule has 0 aromatic heterocycles. The van der Waals surface area contributed by atoms with Gasteiger partial charge in [0.15, 0.2) is 0 Å². The number of hydrogen-bond donors (Lipinski definition) is 1. The summed E-state index contributed by atoms with van der Waals surface area (Å²) >= 11 is 0. The Kier molecular flexibility index (Phi) is 4.59. The van der Waals surface area contributed by atoms with Crippen LogP contribution in [-0.4, -0.2) is 27.3 Å². The van der Waals surface area contributed by atoms with Gasteiger partial charge in [-0.15, -0.1) is 0 Å². The fourth-order valence-corrected chi connectivity index (χ4v) is 2.89. The first-order valence-corrected chi connectivity index (χ1v) is 7.44. The molecule has 3 nitrogen and oxygen atoms in total. The predicted octanol–water partition coefficient (Wildman–Crippen LogP) is 3.23. The average Bonchev–Trinajstić information content (AvgIpc) is 3.09. The molecule has 2 atom stereocenters. The molecule has 1 fully saturated rings. The van der Waals surface area contributed by atoms with Crippen LogP contribution in [0.4, 0.5) is 0 Å². The Hall–Kier alpha value is -1.22. The molecule has 1 aromatic carbocycles. The van der Waals surface area contributed by atoms with Gasteiger partial charge in [-0.3, -0.25) is 0 Å². The molecule has 1 aromatic rings. The predicted molar refractivity (Wildman–Crippen MR) is 82.7 cm³/mol. The molecule has 1 aliphatic rings. The normalized spacial score (nSPS) is 24.8. The van der Waals surface area contributed by atoms with E-state index in [0.717, 1.165) is 24.6 Å². The van der Waals surface area contributed by atoms with Gasteiger partial charge in [0.2, 0.25) is 0 Å². The van der Waals surface area contributed by atoms with Gasteiger partial charge in [0.1, 0.15) is 11.5 Å². The lowest BCUT2D eigenvalue weighted by Crippen LogP contribution is -2.24. The highest BCUT2D eigenvalue weighted by Crippen LogP contribution is 2.56. The smallest absolute Gasteiger partial charge is 0.122 e. The molecule has 1 N–H and O–H groups in total. The molecular formula is C17H27NO2. The molecule has 2 rings (SSSR count). The molecule has 0 heterocycles. The maximum absolute atomic E-state index is 5.53. The Morgan fingerprint density at radius 3 is 2.65 bits per heavy atom. The molecule has 2 unspecified atom stereocenters. The number of rotatable bonds is 7. The molecule has 0 radical (unpaired) electrons. The number of ether oxygens (including phenoxy) is 2. The third kappa shape index (κ3) is 3.09. The summed E-state index contributed by atoms with van der Waals surface area (Å²) < 4.78 is 10.9. The van der Waals surface area contributed by atoms with Crippen LogP contribution in [0.25, 0.3) is 0 Å². The van der Waals surface area contributed by atoms with Gasteiger partial charge in [-0.25, -0.2) is 0 Å². The Morgan fingerprint density at radius 1 is 1.30 bits per heavy atom. The largest absolute Gasteiger partial charge is 0.497 e. The van der Waals surface area contributed by atoms with Gasteiger partial charge < -0.3 is 14.8 Å². The van der Waals surface area contributed by atoms with E-state index in [-0.39, 0.29) is 5.41 Å². The van der Waals surface area contributed by atoms with E-state index in [1.54, 1.807) is 14.2 Å². The Balaban J connectivity index is 2.07. The fraction of sp³-hybridized carbons (Fsp3) is 0.647. The number of methoxy groups -OCH3 is 2. The SMILES string of the molecule is COc1ccc(OC)c(C2(C)CC2CNCC(C)C)c1. The van der Waals surface area contributed by atoms with E-state index in [9.17, 15) is 0 Å². The second-order valence-corrected chi connectivity index (χ2v) is 6.44. The highest BCUT2D eigenvalue weighted by Gasteiger charge is 2.52. The Bertz CT molecular complexity index is 458. The Labute approximate surface area is 122 Å². The first-order chi connectivity index (χ1) is 9.51. The van der Waals surface area contributed by atoms with E-state index in [2.05, 4.69) is 32.2 Å². The van der Waals surface area contributed by atoms with Crippen LogP contribution in [0, 0.1) is 11.8 Å². The minimum atomic E-state index is 0.212. The molecule has 112 valence electrons. The van der Waals surface area contributed by atoms with Crippen molar-refractivity contribution in [3.8, 4) is 11.5 Å². The second kappa shape index (κ2) is 6.04. The summed E-state index contributed by atoms with van der Waals surface area (Å²) in [6, 6.07) is 6.09. The highest BCUT2D eigenvalue weighted by atomic mass is 16.5. The first-order valence-electron chi connectivity index (χ1n) is 7.44. The van der Waals surface area contributed by atoms with Crippen LogP contribution in [0.1, 0.15) is 32.8 Å². The lowest BCUT2D eigenvalue weighted by atomic mass is 9.94. The zero-order valence-corrected chi connectivity index (χ0v) is 13.3. The van der Waals surface area contributed by atoms with Crippen molar-refractivity contribution in [3.63, 3.8) is 0 Å². The van der Waals surface area contributed by atoms with Crippen molar-refractivity contribution in [3.05, 3.63) is 23.8 Å². The molecule has 0 spiro atoms. The monoisotopic (exact) mass is 277 g/mol. The summed E-state index contributed by atoms with van der Waals surface area (Å²) in [5, 5.41) is 3.57. The van der Waals surface area contributed by atoms with E-state index < -0.39 is 0 Å². The summed E-state index contributed by atoms with van der Waals surface area (Å²) in [5.74, 6) is 3.26. The molecule has 0 aliphatic heterocycles. The third-order valence-electron chi connectivity index (χ3n) is 4.38. The minimum Gasteiger partial charge on any atom is -0.497 e. The minimum absolute atomic E-state index is 0.212. The standard InChI is InChI=1S/C17H27NO2/c1-12(2)10-18-11-13-9-17(13,3)15-8-14(19-4)6-7-16(15)20-5/h6-8,12-13,18H,9-11H2,1-5H3. The number of hydrogen-bond acceptors (Lipinski definition) is 3. The van der Waals surface area contributed by atoms with Crippen LogP contribution in [0.2, 0.25) is 0 Å². The van der Waals surface area contributed by atoms with Crippen molar-refractivity contribution in [1.29, 1.82) is 0 Å². The molecule has 3 heteroatoms. The first kappa shape index (κ1) is 15.2. The average molecular weight is 277 g/mol. The summed E-state index contributed by atoms with van der Waals surface area (Å²) in [5.41, 5.74) is 1.49. The van der Waals surface area contributed by atoms with Crippen LogP contribution >= 0.6 is 0 Å². The maximum Gasteiger partial charge on any atom is 0.122 e. The van der Waals surface area contributed by atoms with Crippen molar-refractivity contribution in [2.24, 2.45) is 11.8 Å². The van der Waals surface area contributed by atoms with Gasteiger partial charge in [-0.1, -0.05) is 20.8 Å². The molecule has 1 aliphatic carbocycles. The van der Waals surface area contributed by atoms with Crippen molar-refractivity contribution in [1.82, 2.24) is 5.32 Å². The summed E-state index contributed by atoms with van der Waals surface area (Å²) in [6.07, 6.45) is 1.21. The lowest BCUT2D eigenvalue weighted by Gasteiger charge is -2.18. The van der Waals surface area contributed by atoms with Crippen LogP contribution in [-0.2, 0) is 5.41 Å². The summed E-state index contributed by atoms with van der Waals surface area (Å²) in [4.78, 5) is 0. The van der Waals surface area contributed by atoms with Crippen LogP contribution < -0.4 is 14.8 Å². The Morgan fingerprint density at radius 2 is 2.05 bits per heavy atom. The van der Waals surface area contributed by atoms with E-state index in [0.29, 0.717) is 11.8 Å². The number of benzene rings is 1. The fourth-order valence-electron chi connectivity index (χ4n) is 2.89. The van der Waals surface area contributed by atoms with Crippen molar-refractivity contribution in [2.45, 2.75) is 32.6 Å². The van der Waals surface area contributed by atoms with Crippen LogP contribution in [0.5, 0.6) is 11.5 Å². The molecule has 20 heavy (non-hydrogen) atoms. The quantitative estimate of drug-likeness (QED) is 0.830. The molecule has 0 amide bonds. The second-order valence-electron chi connectivity index (χ2n) is 6.44. The number of nitrogens with one attached hydrogen (secondary N) is 1. The van der Waals surface area contributed by atoms with Gasteiger partial charge in [0.05, 0.1) is 14.2 Å². The van der Waals surface area contributed by atoms with Crippen molar-refractivity contribution >= 4 is 0 Å². The van der Waals surface area contributed by atoms with Crippen LogP contribution in [0.3, 0.4) is 0 Å². The van der Waals surface area contributed by atoms with Crippen molar-refractivity contribution < 1.29 is 9.47 Å². The summed E-state index contributed by atoms with van der Waals surface area (Å²) in [7, 11) is 3.45. The van der Waals surface area contributed by atoms with Crippen molar-refractivity contribution in [2.75, 3.05) is 27.3 Å². The lowest BCUT2D eigenvalue weighted by molar-refractivity contribution is 0.392. The highest BCUT2D eigenvalue weighted by molar-refractivity contribution is 5.48. The van der Waals surface area contributed by atoms with Gasteiger partial charge in [-0.05, 0) is 49.5 Å². The third-order valence-corrected chi connectivity index (χ3v) is 4.38. The zero-order chi connectivity index (χ0) is 14.8. The topological polar surface area (TPSA) is 30.5 Å². The van der Waals surface area contributed by atoms with Gasteiger partial charge >= 0.3 is 0 Å². The van der Waals surface area contributed by atoms with E-state index in [1.807, 2.05) is 12.1 Å².